The summed E-state index contributed by atoms with van der Waals surface area (Å²) in [6.45, 7) is -0.148. The van der Waals surface area contributed by atoms with Gasteiger partial charge in [0.2, 0.25) is 0 Å². The molecule has 0 saturated carbocycles. The van der Waals surface area contributed by atoms with Gasteiger partial charge in [-0.25, -0.2) is 0 Å². The normalized spacial score (nSPS) is 9.44. The smallest absolute Gasteiger partial charge is 0.185 e. The summed E-state index contributed by atoms with van der Waals surface area (Å²) in [5.74, 6) is 0.206. The number of furan rings is 1. The van der Waals surface area contributed by atoms with Gasteiger partial charge in [-0.2, -0.15) is 0 Å². The summed E-state index contributed by atoms with van der Waals surface area (Å²) >= 11 is 0. The fourth-order valence-electron chi connectivity index (χ4n) is 0.581. The maximum atomic E-state index is 10.0. The third-order valence-corrected chi connectivity index (χ3v) is 1.06. The molecule has 3 nitrogen and oxygen atoms in total. The molecular weight excluding hydrogens is 120 g/mol. The largest absolute Gasteiger partial charge is 0.461 e. The first-order chi connectivity index (χ1) is 4.38. The van der Waals surface area contributed by atoms with Gasteiger partial charge in [0, 0.05) is 5.56 Å². The van der Waals surface area contributed by atoms with Crippen LogP contribution in [-0.4, -0.2) is 11.4 Å². The van der Waals surface area contributed by atoms with Crippen molar-refractivity contribution in [1.29, 1.82) is 0 Å². The highest BCUT2D eigenvalue weighted by Crippen LogP contribution is 2.06. The molecule has 0 amide bonds. The van der Waals surface area contributed by atoms with E-state index in [0.29, 0.717) is 11.8 Å². The predicted octanol–water partition coefficient (Wildman–Crippen LogP) is 0.584. The number of aliphatic hydroxyl groups excluding tert-OH is 1. The van der Waals surface area contributed by atoms with E-state index in [1.807, 2.05) is 0 Å². The van der Waals surface area contributed by atoms with E-state index in [0.717, 1.165) is 0 Å². The summed E-state index contributed by atoms with van der Waals surface area (Å²) in [6.07, 6.45) is 1.95. The summed E-state index contributed by atoms with van der Waals surface area (Å²) in [5.41, 5.74) is 0.532. The van der Waals surface area contributed by atoms with E-state index < -0.39 is 0 Å². The Kier molecular flexibility index (Phi) is 1.65. The second kappa shape index (κ2) is 2.46. The molecule has 0 aliphatic rings. The van der Waals surface area contributed by atoms with Crippen LogP contribution in [0.25, 0.3) is 0 Å². The molecule has 1 N–H and O–H groups in total. The molecule has 0 radical (unpaired) electrons. The van der Waals surface area contributed by atoms with Crippen LogP contribution in [-0.2, 0) is 6.61 Å². The highest BCUT2D eigenvalue weighted by molar-refractivity contribution is 5.72. The van der Waals surface area contributed by atoms with Gasteiger partial charge in [-0.1, -0.05) is 0 Å². The Morgan fingerprint density at radius 3 is 3.00 bits per heavy atom. The molecule has 0 unspecified atom stereocenters. The number of aldehydes is 1. The molecule has 3 heteroatoms. The standard InChI is InChI=1S/C6H6O3/c7-3-5-1-2-9-6(5)4-8/h1-2,4,7H,3H2. The molecule has 0 fully saturated rings. The van der Waals surface area contributed by atoms with E-state index in [-0.39, 0.29) is 12.4 Å². The third-order valence-electron chi connectivity index (χ3n) is 1.06. The van der Waals surface area contributed by atoms with Crippen molar-refractivity contribution in [1.82, 2.24) is 0 Å². The maximum Gasteiger partial charge on any atom is 0.185 e. The van der Waals surface area contributed by atoms with Gasteiger partial charge in [-0.15, -0.1) is 0 Å². The second-order valence-electron chi connectivity index (χ2n) is 1.59. The number of carbonyl (C=O) groups is 1. The summed E-state index contributed by atoms with van der Waals surface area (Å²) in [7, 11) is 0. The van der Waals surface area contributed by atoms with Crippen LogP contribution >= 0.6 is 0 Å². The van der Waals surface area contributed by atoms with E-state index in [4.69, 9.17) is 5.11 Å². The van der Waals surface area contributed by atoms with Crippen LogP contribution in [0.3, 0.4) is 0 Å². The molecule has 0 atom stereocenters. The van der Waals surface area contributed by atoms with E-state index in [1.54, 1.807) is 6.07 Å². The Labute approximate surface area is 51.9 Å². The molecule has 0 saturated heterocycles. The Bertz CT molecular complexity index is 202. The SMILES string of the molecule is O=Cc1occc1CO. The molecule has 0 bridgehead atoms. The maximum absolute atomic E-state index is 10.0. The van der Waals surface area contributed by atoms with Crippen molar-refractivity contribution in [3.8, 4) is 0 Å². The fourth-order valence-corrected chi connectivity index (χ4v) is 0.581. The van der Waals surface area contributed by atoms with Crippen LogP contribution in [0.2, 0.25) is 0 Å². The van der Waals surface area contributed by atoms with Gasteiger partial charge >= 0.3 is 0 Å². The molecule has 0 aliphatic carbocycles. The summed E-state index contributed by atoms with van der Waals surface area (Å²) < 4.78 is 4.68. The number of aliphatic hydroxyl groups is 1. The quantitative estimate of drug-likeness (QED) is 0.590. The molecule has 1 aromatic heterocycles. The summed E-state index contributed by atoms with van der Waals surface area (Å²) in [4.78, 5) is 10.0. The van der Waals surface area contributed by atoms with Gasteiger partial charge in [-0.3, -0.25) is 4.79 Å². The van der Waals surface area contributed by atoms with Gasteiger partial charge in [-0.05, 0) is 6.07 Å². The number of hydrogen-bond donors (Lipinski definition) is 1. The van der Waals surface area contributed by atoms with Crippen molar-refractivity contribution >= 4 is 6.29 Å². The zero-order valence-electron chi connectivity index (χ0n) is 4.70. The van der Waals surface area contributed by atoms with Crippen molar-refractivity contribution in [2.75, 3.05) is 0 Å². The summed E-state index contributed by atoms with van der Waals surface area (Å²) in [5, 5.41) is 8.52. The average molecular weight is 126 g/mol. The minimum Gasteiger partial charge on any atom is -0.461 e. The topological polar surface area (TPSA) is 50.4 Å². The molecule has 1 aromatic rings. The lowest BCUT2D eigenvalue weighted by Crippen LogP contribution is -1.84. The predicted molar refractivity (Wildman–Crippen MR) is 30.0 cm³/mol. The highest BCUT2D eigenvalue weighted by Gasteiger charge is 2.00. The minimum absolute atomic E-state index is 0.148. The Morgan fingerprint density at radius 1 is 1.78 bits per heavy atom. The van der Waals surface area contributed by atoms with E-state index >= 15 is 0 Å². The molecule has 48 valence electrons. The average Bonchev–Trinajstić information content (AvgIpc) is 2.33. The molecule has 9 heavy (non-hydrogen) atoms. The lowest BCUT2D eigenvalue weighted by atomic mass is 10.3. The monoisotopic (exact) mass is 126 g/mol. The zero-order chi connectivity index (χ0) is 6.69. The van der Waals surface area contributed by atoms with Gasteiger partial charge in [0.25, 0.3) is 0 Å². The van der Waals surface area contributed by atoms with Gasteiger partial charge in [0.05, 0.1) is 12.9 Å². The molecule has 0 aromatic carbocycles. The molecule has 0 aliphatic heterocycles. The lowest BCUT2D eigenvalue weighted by Gasteiger charge is -1.85. The van der Waals surface area contributed by atoms with Crippen LogP contribution < -0.4 is 0 Å². The molecule has 1 rings (SSSR count). The van der Waals surface area contributed by atoms with Crippen LogP contribution in [0, 0.1) is 0 Å². The van der Waals surface area contributed by atoms with Gasteiger partial charge < -0.3 is 9.52 Å². The van der Waals surface area contributed by atoms with E-state index in [9.17, 15) is 4.79 Å². The Morgan fingerprint density at radius 2 is 2.56 bits per heavy atom. The lowest BCUT2D eigenvalue weighted by molar-refractivity contribution is 0.109. The van der Waals surface area contributed by atoms with Gasteiger partial charge in [0.15, 0.2) is 12.0 Å². The Hall–Kier alpha value is -1.09. The molecule has 0 spiro atoms. The zero-order valence-corrected chi connectivity index (χ0v) is 4.70. The minimum atomic E-state index is -0.148. The third kappa shape index (κ3) is 1.000. The van der Waals surface area contributed by atoms with Crippen molar-refractivity contribution in [3.05, 3.63) is 23.7 Å². The number of carbonyl (C=O) groups excluding carboxylic acids is 1. The first-order valence-corrected chi connectivity index (χ1v) is 2.51. The van der Waals surface area contributed by atoms with Crippen LogP contribution in [0.4, 0.5) is 0 Å². The second-order valence-corrected chi connectivity index (χ2v) is 1.59. The van der Waals surface area contributed by atoms with Gasteiger partial charge in [0.1, 0.15) is 0 Å². The van der Waals surface area contributed by atoms with Crippen LogP contribution in [0.1, 0.15) is 16.1 Å². The molecule has 1 heterocycles. The van der Waals surface area contributed by atoms with Crippen molar-refractivity contribution in [3.63, 3.8) is 0 Å². The van der Waals surface area contributed by atoms with Crippen LogP contribution in [0.15, 0.2) is 16.7 Å². The Balaban J connectivity index is 2.98. The first kappa shape index (κ1) is 6.04. The van der Waals surface area contributed by atoms with Crippen molar-refractivity contribution < 1.29 is 14.3 Å². The number of hydrogen-bond acceptors (Lipinski definition) is 3. The fraction of sp³-hybridized carbons (Fsp3) is 0.167. The van der Waals surface area contributed by atoms with E-state index in [2.05, 4.69) is 4.42 Å². The highest BCUT2D eigenvalue weighted by atomic mass is 16.3. The van der Waals surface area contributed by atoms with E-state index in [1.165, 1.54) is 6.26 Å². The summed E-state index contributed by atoms with van der Waals surface area (Å²) in [6, 6.07) is 1.56. The van der Waals surface area contributed by atoms with Crippen LogP contribution in [0.5, 0.6) is 0 Å². The first-order valence-electron chi connectivity index (χ1n) is 2.51. The van der Waals surface area contributed by atoms with Crippen molar-refractivity contribution in [2.24, 2.45) is 0 Å². The van der Waals surface area contributed by atoms with Crippen molar-refractivity contribution in [2.45, 2.75) is 6.61 Å². The molecular formula is C6H6O3. The number of rotatable bonds is 2.